The number of pyridine rings is 1. The van der Waals surface area contributed by atoms with Crippen molar-refractivity contribution in [2.24, 2.45) is 0 Å². The van der Waals surface area contributed by atoms with Gasteiger partial charge in [-0.25, -0.2) is 0 Å². The minimum Gasteiger partial charge on any atom is -0.512 e. The van der Waals surface area contributed by atoms with Crippen LogP contribution in [0, 0.1) is 6.07 Å². The maximum Gasteiger partial charge on any atom is 0.158 e. The molecule has 44 heavy (non-hydrogen) atoms. The van der Waals surface area contributed by atoms with Gasteiger partial charge in [-0.3, -0.25) is 9.78 Å². The zero-order valence-electron chi connectivity index (χ0n) is 27.7. The molecule has 0 saturated heterocycles. The van der Waals surface area contributed by atoms with Crippen LogP contribution in [0.15, 0.2) is 66.1 Å². The average molecular weight is 783 g/mol. The predicted molar refractivity (Wildman–Crippen MR) is 185 cm³/mol. The molecule has 1 N–H and O–H groups in total. The van der Waals surface area contributed by atoms with Gasteiger partial charge in [-0.2, -0.15) is 0 Å². The number of aliphatic hydroxyl groups excluding tert-OH is 1. The van der Waals surface area contributed by atoms with Gasteiger partial charge in [-0.15, -0.1) is 40.5 Å². The van der Waals surface area contributed by atoms with E-state index in [1.807, 2.05) is 17.5 Å². The number of rotatable bonds is 2. The van der Waals surface area contributed by atoms with E-state index in [0.29, 0.717) is 5.57 Å². The van der Waals surface area contributed by atoms with Crippen LogP contribution >= 0.6 is 11.3 Å². The van der Waals surface area contributed by atoms with Gasteiger partial charge in [0.1, 0.15) is 0 Å². The van der Waals surface area contributed by atoms with E-state index in [1.165, 1.54) is 68.9 Å². The van der Waals surface area contributed by atoms with Crippen molar-refractivity contribution in [1.82, 2.24) is 4.98 Å². The van der Waals surface area contributed by atoms with Crippen molar-refractivity contribution in [3.8, 4) is 11.3 Å². The van der Waals surface area contributed by atoms with Crippen molar-refractivity contribution in [1.29, 1.82) is 0 Å². The Bertz CT molecular complexity index is 1920. The third-order valence-electron chi connectivity index (χ3n) is 9.27. The van der Waals surface area contributed by atoms with Crippen LogP contribution in [0.2, 0.25) is 0 Å². The number of carbonyl (C=O) groups excluding carboxylic acids is 1. The van der Waals surface area contributed by atoms with Gasteiger partial charge in [0.05, 0.1) is 5.76 Å². The molecule has 0 atom stereocenters. The largest absolute Gasteiger partial charge is 0.512 e. The van der Waals surface area contributed by atoms with Crippen molar-refractivity contribution in [2.45, 2.75) is 98.3 Å². The number of benzene rings is 3. The molecule has 0 aliphatic heterocycles. The Kier molecular flexibility index (Phi) is 9.40. The third kappa shape index (κ3) is 6.29. The van der Waals surface area contributed by atoms with Crippen LogP contribution in [-0.4, -0.2) is 15.9 Å². The Morgan fingerprint density at radius 3 is 2.07 bits per heavy atom. The summed E-state index contributed by atoms with van der Waals surface area (Å²) >= 11 is 1.89. The van der Waals surface area contributed by atoms with Gasteiger partial charge in [-0.05, 0) is 84.6 Å². The van der Waals surface area contributed by atoms with E-state index in [0.717, 1.165) is 16.6 Å². The van der Waals surface area contributed by atoms with Crippen LogP contribution in [-0.2, 0) is 41.1 Å². The SMILES string of the molecule is CC(=O)/C(C)=C(/C)O.CC(C)(C)c1cc(-c2nccc3c2sc2cc4c(cc23)C(C)(C)CCC4(C)C)[c-]c2ccccc12.[Ir]. The molecule has 5 aromatic rings. The molecule has 0 fully saturated rings. The van der Waals surface area contributed by atoms with Gasteiger partial charge >= 0.3 is 0 Å². The number of aliphatic hydroxyl groups is 1. The quantitative estimate of drug-likeness (QED) is 0.110. The van der Waals surface area contributed by atoms with Crippen LogP contribution < -0.4 is 0 Å². The molecular weight excluding hydrogens is 739 g/mol. The average Bonchev–Trinajstić information content (AvgIpc) is 3.31. The summed E-state index contributed by atoms with van der Waals surface area (Å²) in [5, 5.41) is 13.8. The predicted octanol–water partition coefficient (Wildman–Crippen LogP) is 11.1. The summed E-state index contributed by atoms with van der Waals surface area (Å²) in [4.78, 5) is 15.3. The van der Waals surface area contributed by atoms with Gasteiger partial charge in [0.2, 0.25) is 0 Å². The molecule has 6 rings (SSSR count). The Morgan fingerprint density at radius 1 is 0.886 bits per heavy atom. The second kappa shape index (κ2) is 12.2. The summed E-state index contributed by atoms with van der Waals surface area (Å²) in [5.74, 6) is 0.0301. The van der Waals surface area contributed by atoms with E-state index in [1.54, 1.807) is 6.92 Å². The maximum atomic E-state index is 10.4. The van der Waals surface area contributed by atoms with Crippen molar-refractivity contribution in [2.75, 3.05) is 0 Å². The molecular formula is C39H44IrNO2S-. The molecule has 0 spiro atoms. The van der Waals surface area contributed by atoms with E-state index >= 15 is 0 Å². The summed E-state index contributed by atoms with van der Waals surface area (Å²) in [5.41, 5.74) is 7.42. The number of fused-ring (bicyclic) bond motifs is 5. The smallest absolute Gasteiger partial charge is 0.158 e. The summed E-state index contributed by atoms with van der Waals surface area (Å²) in [6, 6.07) is 21.9. The summed E-state index contributed by atoms with van der Waals surface area (Å²) < 4.78 is 2.64. The molecule has 2 aromatic heterocycles. The zero-order chi connectivity index (χ0) is 31.5. The Labute approximate surface area is 280 Å². The zero-order valence-corrected chi connectivity index (χ0v) is 30.9. The molecule has 3 nitrogen and oxygen atoms in total. The van der Waals surface area contributed by atoms with Crippen molar-refractivity contribution in [3.63, 3.8) is 0 Å². The monoisotopic (exact) mass is 783 g/mol. The van der Waals surface area contributed by atoms with Gasteiger partial charge < -0.3 is 5.11 Å². The number of Topliss-reactive ketones (excluding diaryl/α,β-unsaturated/α-hetero) is 1. The minimum absolute atomic E-state index is 0. The van der Waals surface area contributed by atoms with E-state index in [2.05, 4.69) is 103 Å². The molecule has 2 heterocycles. The van der Waals surface area contributed by atoms with Crippen LogP contribution in [0.1, 0.15) is 98.8 Å². The topological polar surface area (TPSA) is 50.2 Å². The molecule has 0 bridgehead atoms. The molecule has 0 amide bonds. The first-order valence-corrected chi connectivity index (χ1v) is 16.0. The molecule has 0 saturated carbocycles. The number of allylic oxidation sites excluding steroid dienone is 2. The number of thiophene rings is 1. The summed E-state index contributed by atoms with van der Waals surface area (Å²) in [6.07, 6.45) is 4.45. The first kappa shape index (κ1) is 34.0. The standard InChI is InChI=1S/C33H34NS.C6H10O2.Ir/c1-31(2,3)25-17-21(16-20-10-8-9-11-22(20)25)29-30-23(12-15-34-29)24-18-26-27(19-28(24)35-30)33(6,7)14-13-32(26,4)5;1-4(5(2)7)6(3)8;/h8-12,15,17-19H,13-14H2,1-7H3;7H,1-3H3;/q-1;;/b;5-4-;. The maximum absolute atomic E-state index is 10.4. The van der Waals surface area contributed by atoms with E-state index in [4.69, 9.17) is 10.1 Å². The fourth-order valence-electron chi connectivity index (χ4n) is 6.19. The normalized spacial score (nSPS) is 16.0. The van der Waals surface area contributed by atoms with Gasteiger partial charge in [0.15, 0.2) is 5.78 Å². The van der Waals surface area contributed by atoms with E-state index in [-0.39, 0.29) is 47.9 Å². The number of ketones is 1. The molecule has 1 aliphatic rings. The van der Waals surface area contributed by atoms with Gasteiger partial charge in [-0.1, -0.05) is 77.6 Å². The number of hydrogen-bond donors (Lipinski definition) is 1. The van der Waals surface area contributed by atoms with Crippen LogP contribution in [0.3, 0.4) is 0 Å². The number of carbonyl (C=O) groups is 1. The van der Waals surface area contributed by atoms with Crippen molar-refractivity contribution in [3.05, 3.63) is 88.8 Å². The fraction of sp³-hybridized carbons (Fsp3) is 0.385. The Morgan fingerprint density at radius 2 is 1.50 bits per heavy atom. The van der Waals surface area contributed by atoms with Crippen molar-refractivity contribution < 1.29 is 30.0 Å². The molecule has 3 aromatic carbocycles. The number of hydrogen-bond acceptors (Lipinski definition) is 4. The first-order chi connectivity index (χ1) is 20.0. The Balaban J connectivity index is 0.000000436. The third-order valence-corrected chi connectivity index (χ3v) is 10.4. The second-order valence-electron chi connectivity index (χ2n) is 14.5. The summed E-state index contributed by atoms with van der Waals surface area (Å²) in [6.45, 7) is 21.0. The second-order valence-corrected chi connectivity index (χ2v) is 15.5. The van der Waals surface area contributed by atoms with Gasteiger partial charge in [0, 0.05) is 52.4 Å². The Hall–Kier alpha value is -2.85. The van der Waals surface area contributed by atoms with Crippen LogP contribution in [0.25, 0.3) is 42.2 Å². The minimum atomic E-state index is -0.0787. The molecule has 5 heteroatoms. The first-order valence-electron chi connectivity index (χ1n) is 15.2. The number of nitrogens with zero attached hydrogens (tertiary/aromatic N) is 1. The molecule has 0 unspecified atom stereocenters. The molecule has 1 radical (unpaired) electrons. The molecule has 1 aliphatic carbocycles. The number of aromatic nitrogens is 1. The fourth-order valence-corrected chi connectivity index (χ4v) is 7.41. The van der Waals surface area contributed by atoms with Crippen LogP contribution in [0.4, 0.5) is 0 Å². The van der Waals surface area contributed by atoms with E-state index < -0.39 is 0 Å². The molecule has 233 valence electrons. The van der Waals surface area contributed by atoms with Crippen molar-refractivity contribution >= 4 is 48.1 Å². The van der Waals surface area contributed by atoms with Crippen LogP contribution in [0.5, 0.6) is 0 Å². The summed E-state index contributed by atoms with van der Waals surface area (Å²) in [7, 11) is 0. The van der Waals surface area contributed by atoms with E-state index in [9.17, 15) is 4.79 Å². The van der Waals surface area contributed by atoms with Gasteiger partial charge in [0.25, 0.3) is 0 Å².